The highest BCUT2D eigenvalue weighted by atomic mass is 127. The van der Waals surface area contributed by atoms with Crippen molar-refractivity contribution in [3.8, 4) is 17.2 Å². The van der Waals surface area contributed by atoms with Crippen molar-refractivity contribution in [1.82, 2.24) is 5.43 Å². The standard InChI is InChI=1S/C28H24FIN2O4/c1-3-35-26-13-18(12-24(30)27(26)36-17-21-10-6-7-11-23(21)29)16-31-32-28(33)22-14-19-8-4-5-9-20(19)15-25(22)34-2/h4-16H,3,17H2,1-2H3,(H,32,33)/b31-16-. The fraction of sp³-hybridized carbons (Fsp3) is 0.143. The Labute approximate surface area is 222 Å². The van der Waals surface area contributed by atoms with E-state index < -0.39 is 5.91 Å². The largest absolute Gasteiger partial charge is 0.496 e. The summed E-state index contributed by atoms with van der Waals surface area (Å²) in [5.41, 5.74) is 4.10. The molecule has 0 fully saturated rings. The van der Waals surface area contributed by atoms with Crippen LogP contribution in [0.5, 0.6) is 17.2 Å². The van der Waals surface area contributed by atoms with E-state index in [1.807, 2.05) is 43.3 Å². The molecule has 36 heavy (non-hydrogen) atoms. The molecule has 0 aliphatic carbocycles. The summed E-state index contributed by atoms with van der Waals surface area (Å²) in [6.45, 7) is 2.36. The molecule has 0 aliphatic rings. The van der Waals surface area contributed by atoms with Gasteiger partial charge in [0.25, 0.3) is 5.91 Å². The molecule has 0 heterocycles. The van der Waals surface area contributed by atoms with Crippen LogP contribution in [-0.4, -0.2) is 25.8 Å². The number of amides is 1. The van der Waals surface area contributed by atoms with Crippen molar-refractivity contribution in [3.05, 3.63) is 98.9 Å². The maximum absolute atomic E-state index is 14.0. The number of hydrogen-bond acceptors (Lipinski definition) is 5. The Balaban J connectivity index is 1.51. The zero-order chi connectivity index (χ0) is 25.5. The van der Waals surface area contributed by atoms with E-state index in [1.165, 1.54) is 19.4 Å². The van der Waals surface area contributed by atoms with Gasteiger partial charge in [0.15, 0.2) is 11.5 Å². The van der Waals surface area contributed by atoms with Crippen molar-refractivity contribution in [2.24, 2.45) is 5.10 Å². The highest BCUT2D eigenvalue weighted by molar-refractivity contribution is 14.1. The van der Waals surface area contributed by atoms with Gasteiger partial charge >= 0.3 is 0 Å². The Morgan fingerprint density at radius 2 is 1.72 bits per heavy atom. The number of methoxy groups -OCH3 is 1. The monoisotopic (exact) mass is 598 g/mol. The number of rotatable bonds is 9. The summed E-state index contributed by atoms with van der Waals surface area (Å²) in [7, 11) is 1.52. The molecule has 0 bridgehead atoms. The lowest BCUT2D eigenvalue weighted by Crippen LogP contribution is -2.18. The summed E-state index contributed by atoms with van der Waals surface area (Å²) in [5, 5.41) is 6.02. The van der Waals surface area contributed by atoms with Crippen molar-refractivity contribution in [2.45, 2.75) is 13.5 Å². The quantitative estimate of drug-likeness (QED) is 0.139. The number of carbonyl (C=O) groups is 1. The van der Waals surface area contributed by atoms with E-state index in [0.717, 1.165) is 14.3 Å². The van der Waals surface area contributed by atoms with Gasteiger partial charge in [0.1, 0.15) is 18.2 Å². The van der Waals surface area contributed by atoms with Crippen LogP contribution >= 0.6 is 22.6 Å². The minimum Gasteiger partial charge on any atom is -0.496 e. The zero-order valence-corrected chi connectivity index (χ0v) is 21.9. The third-order valence-electron chi connectivity index (χ3n) is 5.35. The van der Waals surface area contributed by atoms with E-state index in [-0.39, 0.29) is 12.4 Å². The van der Waals surface area contributed by atoms with Crippen LogP contribution in [0.15, 0.2) is 77.9 Å². The Hall–Kier alpha value is -3.66. The first-order valence-corrected chi connectivity index (χ1v) is 12.3. The Morgan fingerprint density at radius 1 is 1.00 bits per heavy atom. The molecule has 4 aromatic carbocycles. The molecule has 0 saturated heterocycles. The van der Waals surface area contributed by atoms with Crippen molar-refractivity contribution in [2.75, 3.05) is 13.7 Å². The first-order valence-electron chi connectivity index (χ1n) is 11.2. The number of ether oxygens (including phenoxy) is 3. The molecule has 8 heteroatoms. The molecule has 1 amide bonds. The smallest absolute Gasteiger partial charge is 0.275 e. The Morgan fingerprint density at radius 3 is 2.44 bits per heavy atom. The first kappa shape index (κ1) is 25.4. The molecule has 0 aliphatic heterocycles. The van der Waals surface area contributed by atoms with E-state index in [0.29, 0.717) is 40.5 Å². The molecule has 0 saturated carbocycles. The highest BCUT2D eigenvalue weighted by Crippen LogP contribution is 2.34. The van der Waals surface area contributed by atoms with Gasteiger partial charge < -0.3 is 14.2 Å². The Kier molecular flexibility index (Phi) is 8.37. The third-order valence-corrected chi connectivity index (χ3v) is 6.15. The molecule has 6 nitrogen and oxygen atoms in total. The minimum atomic E-state index is -0.390. The molecule has 0 radical (unpaired) electrons. The van der Waals surface area contributed by atoms with Gasteiger partial charge in [-0.2, -0.15) is 5.10 Å². The normalized spacial score (nSPS) is 11.0. The van der Waals surface area contributed by atoms with Crippen molar-refractivity contribution < 1.29 is 23.4 Å². The molecule has 4 aromatic rings. The number of fused-ring (bicyclic) bond motifs is 1. The van der Waals surface area contributed by atoms with E-state index in [9.17, 15) is 9.18 Å². The molecule has 184 valence electrons. The van der Waals surface area contributed by atoms with Crippen LogP contribution in [-0.2, 0) is 6.61 Å². The molecule has 4 rings (SSSR count). The number of halogens is 2. The third kappa shape index (κ3) is 5.93. The van der Waals surface area contributed by atoms with E-state index in [1.54, 1.807) is 30.3 Å². The number of carbonyl (C=O) groups excluding carboxylic acids is 1. The van der Waals surface area contributed by atoms with E-state index >= 15 is 0 Å². The van der Waals surface area contributed by atoms with Crippen LogP contribution in [0, 0.1) is 9.39 Å². The average molecular weight is 598 g/mol. The van der Waals surface area contributed by atoms with Gasteiger partial charge in [-0.1, -0.05) is 42.5 Å². The van der Waals surface area contributed by atoms with E-state index in [2.05, 4.69) is 33.1 Å². The van der Waals surface area contributed by atoms with E-state index in [4.69, 9.17) is 14.2 Å². The van der Waals surface area contributed by atoms with Crippen LogP contribution in [0.2, 0.25) is 0 Å². The lowest BCUT2D eigenvalue weighted by molar-refractivity contribution is 0.0952. The van der Waals surface area contributed by atoms with Crippen molar-refractivity contribution >= 4 is 45.5 Å². The summed E-state index contributed by atoms with van der Waals surface area (Å²) in [6.07, 6.45) is 1.52. The van der Waals surface area contributed by atoms with Gasteiger partial charge in [0.2, 0.25) is 0 Å². The maximum Gasteiger partial charge on any atom is 0.275 e. The topological polar surface area (TPSA) is 69.2 Å². The Bertz CT molecular complexity index is 1420. The fourth-order valence-corrected chi connectivity index (χ4v) is 4.40. The number of hydrogen-bond donors (Lipinski definition) is 1. The number of nitrogens with zero attached hydrogens (tertiary/aromatic N) is 1. The van der Waals surface area contributed by atoms with Crippen LogP contribution in [0.3, 0.4) is 0 Å². The fourth-order valence-electron chi connectivity index (χ4n) is 3.62. The van der Waals surface area contributed by atoms with Crippen LogP contribution < -0.4 is 19.6 Å². The minimum absolute atomic E-state index is 0.0693. The molecule has 1 N–H and O–H groups in total. The van der Waals surface area contributed by atoms with Crippen molar-refractivity contribution in [1.29, 1.82) is 0 Å². The van der Waals surface area contributed by atoms with Gasteiger partial charge in [-0.25, -0.2) is 9.82 Å². The SMILES string of the molecule is CCOc1cc(/C=N\NC(=O)c2cc3ccccc3cc2OC)cc(I)c1OCc1ccccc1F. The molecule has 0 atom stereocenters. The molecule has 0 unspecified atom stereocenters. The van der Waals surface area contributed by atoms with Crippen LogP contribution in [0.25, 0.3) is 10.8 Å². The number of hydrazone groups is 1. The highest BCUT2D eigenvalue weighted by Gasteiger charge is 2.15. The average Bonchev–Trinajstić information content (AvgIpc) is 2.88. The van der Waals surface area contributed by atoms with Crippen molar-refractivity contribution in [3.63, 3.8) is 0 Å². The lowest BCUT2D eigenvalue weighted by atomic mass is 10.1. The summed E-state index contributed by atoms with van der Waals surface area (Å²) >= 11 is 2.13. The van der Waals surface area contributed by atoms with Gasteiger partial charge in [-0.3, -0.25) is 4.79 Å². The number of benzene rings is 4. The summed E-state index contributed by atoms with van der Waals surface area (Å²) in [6, 6.07) is 21.4. The molecule has 0 spiro atoms. The summed E-state index contributed by atoms with van der Waals surface area (Å²) < 4.78 is 31.8. The van der Waals surface area contributed by atoms with Gasteiger partial charge in [0.05, 0.1) is 29.1 Å². The predicted molar refractivity (Wildman–Crippen MR) is 147 cm³/mol. The first-order chi connectivity index (χ1) is 17.5. The van der Waals surface area contributed by atoms with Crippen LogP contribution in [0.1, 0.15) is 28.4 Å². The number of nitrogens with one attached hydrogen (secondary N) is 1. The second-order valence-corrected chi connectivity index (χ2v) is 8.90. The second-order valence-electron chi connectivity index (χ2n) is 7.74. The maximum atomic E-state index is 14.0. The van der Waals surface area contributed by atoms with Crippen LogP contribution in [0.4, 0.5) is 4.39 Å². The summed E-state index contributed by atoms with van der Waals surface area (Å²) in [4.78, 5) is 12.8. The predicted octanol–water partition coefficient (Wildman–Crippen LogP) is 6.33. The molecule has 0 aromatic heterocycles. The second kappa shape index (κ2) is 11.9. The lowest BCUT2D eigenvalue weighted by Gasteiger charge is -2.15. The molecular weight excluding hydrogens is 574 g/mol. The van der Waals surface area contributed by atoms with Gasteiger partial charge in [-0.15, -0.1) is 0 Å². The van der Waals surface area contributed by atoms with Gasteiger partial charge in [-0.05, 0) is 76.2 Å². The molecular formula is C28H24FIN2O4. The zero-order valence-electron chi connectivity index (χ0n) is 19.8. The van der Waals surface area contributed by atoms with Gasteiger partial charge in [0, 0.05) is 5.56 Å². The summed E-state index contributed by atoms with van der Waals surface area (Å²) in [5.74, 6) is 0.768.